The van der Waals surface area contributed by atoms with Gasteiger partial charge in [0.1, 0.15) is 0 Å². The van der Waals surface area contributed by atoms with E-state index >= 15 is 0 Å². The highest BCUT2D eigenvalue weighted by Gasteiger charge is 2.52. The van der Waals surface area contributed by atoms with Crippen LogP contribution in [0.5, 0.6) is 0 Å². The molecule has 2 aliphatic rings. The van der Waals surface area contributed by atoms with Crippen molar-refractivity contribution in [2.45, 2.75) is 5.41 Å². The first-order chi connectivity index (χ1) is 31.3. The van der Waals surface area contributed by atoms with E-state index in [2.05, 4.69) is 203 Å². The molecular formula is C58H35N5. The molecule has 63 heavy (non-hydrogen) atoms. The van der Waals surface area contributed by atoms with Crippen LogP contribution in [0.4, 0.5) is 0 Å². The lowest BCUT2D eigenvalue weighted by Gasteiger charge is -2.30. The molecule has 0 atom stereocenters. The molecule has 0 saturated heterocycles. The molecule has 0 N–H and O–H groups in total. The second-order valence-corrected chi connectivity index (χ2v) is 16.7. The van der Waals surface area contributed by atoms with Crippen LogP contribution in [0, 0.1) is 0 Å². The summed E-state index contributed by atoms with van der Waals surface area (Å²) in [5.41, 5.74) is 17.0. The lowest BCUT2D eigenvalue weighted by Crippen LogP contribution is -2.25. The minimum Gasteiger partial charge on any atom is -0.309 e. The zero-order valence-electron chi connectivity index (χ0n) is 33.9. The van der Waals surface area contributed by atoms with Crippen molar-refractivity contribution in [1.29, 1.82) is 0 Å². The second kappa shape index (κ2) is 12.8. The molecule has 2 aliphatic carbocycles. The third kappa shape index (κ3) is 4.52. The average molecular weight is 802 g/mol. The Morgan fingerprint density at radius 2 is 0.794 bits per heavy atom. The fourth-order valence-corrected chi connectivity index (χ4v) is 11.2. The van der Waals surface area contributed by atoms with Gasteiger partial charge in [0.15, 0.2) is 11.6 Å². The van der Waals surface area contributed by atoms with E-state index in [1.165, 1.54) is 60.6 Å². The Labute approximate surface area is 362 Å². The summed E-state index contributed by atoms with van der Waals surface area (Å²) in [6.07, 6.45) is 0. The van der Waals surface area contributed by atoms with Gasteiger partial charge < -0.3 is 4.57 Å². The molecule has 12 aromatic rings. The van der Waals surface area contributed by atoms with E-state index in [-0.39, 0.29) is 0 Å². The number of para-hydroxylation sites is 3. The maximum absolute atomic E-state index is 5.56. The minimum absolute atomic E-state index is 0.482. The topological polar surface area (TPSA) is 48.5 Å². The molecule has 0 bridgehead atoms. The van der Waals surface area contributed by atoms with Crippen LogP contribution >= 0.6 is 0 Å². The molecule has 3 heterocycles. The largest absolute Gasteiger partial charge is 0.309 e. The zero-order chi connectivity index (χ0) is 41.2. The quantitative estimate of drug-likeness (QED) is 0.178. The predicted octanol–water partition coefficient (Wildman–Crippen LogP) is 13.7. The molecule has 0 saturated carbocycles. The summed E-state index contributed by atoms with van der Waals surface area (Å²) >= 11 is 0. The second-order valence-electron chi connectivity index (χ2n) is 16.7. The molecule has 9 aromatic carbocycles. The van der Waals surface area contributed by atoms with Crippen LogP contribution in [0.15, 0.2) is 212 Å². The summed E-state index contributed by atoms with van der Waals surface area (Å²) in [5, 5.41) is 4.73. The van der Waals surface area contributed by atoms with Gasteiger partial charge in [-0.25, -0.2) is 4.98 Å². The molecule has 1 spiro atoms. The van der Waals surface area contributed by atoms with Crippen LogP contribution in [-0.4, -0.2) is 24.1 Å². The van der Waals surface area contributed by atoms with Gasteiger partial charge in [0.25, 0.3) is 0 Å². The standard InChI is InChI=1S/C58H35N5/c1-3-18-36(19-4-1)55-59-56(43-27-17-31-47-52(43)40-24-9-14-30-46(40)58(47)44-28-12-7-22-38(44)39-23-8-13-29-45(39)58)61-57(60-55)63-49-33-16-11-26-42(49)54-51(63)35-34-50-53(54)41-25-10-15-32-48(41)62(50)37-20-5-2-6-21-37/h1-35H. The van der Waals surface area contributed by atoms with E-state index in [1.807, 2.05) is 18.2 Å². The van der Waals surface area contributed by atoms with Crippen molar-refractivity contribution in [3.8, 4) is 56.7 Å². The summed E-state index contributed by atoms with van der Waals surface area (Å²) in [6, 6.07) is 76.4. The third-order valence-electron chi connectivity index (χ3n) is 13.6. The number of hydrogen-bond donors (Lipinski definition) is 0. The van der Waals surface area contributed by atoms with E-state index in [0.29, 0.717) is 17.6 Å². The van der Waals surface area contributed by atoms with Crippen molar-refractivity contribution < 1.29 is 0 Å². The van der Waals surface area contributed by atoms with Crippen molar-refractivity contribution in [3.05, 3.63) is 235 Å². The molecule has 0 fully saturated rings. The number of hydrogen-bond acceptors (Lipinski definition) is 3. The molecule has 0 amide bonds. The van der Waals surface area contributed by atoms with Crippen LogP contribution in [0.2, 0.25) is 0 Å². The predicted molar refractivity (Wildman–Crippen MR) is 256 cm³/mol. The van der Waals surface area contributed by atoms with Gasteiger partial charge in [-0.3, -0.25) is 4.57 Å². The van der Waals surface area contributed by atoms with Gasteiger partial charge in [0, 0.05) is 38.4 Å². The Balaban J connectivity index is 1.07. The smallest absolute Gasteiger partial charge is 0.238 e. The van der Waals surface area contributed by atoms with E-state index < -0.39 is 5.41 Å². The van der Waals surface area contributed by atoms with Gasteiger partial charge in [0.2, 0.25) is 5.95 Å². The average Bonchev–Trinajstić information content (AvgIpc) is 4.06. The maximum atomic E-state index is 5.56. The number of fused-ring (bicyclic) bond motifs is 17. The molecule has 5 nitrogen and oxygen atoms in total. The maximum Gasteiger partial charge on any atom is 0.238 e. The van der Waals surface area contributed by atoms with Gasteiger partial charge in [0.05, 0.1) is 27.5 Å². The summed E-state index contributed by atoms with van der Waals surface area (Å²) in [7, 11) is 0. The van der Waals surface area contributed by atoms with Crippen molar-refractivity contribution in [3.63, 3.8) is 0 Å². The molecule has 0 unspecified atom stereocenters. The van der Waals surface area contributed by atoms with E-state index in [9.17, 15) is 0 Å². The molecule has 3 aromatic heterocycles. The fraction of sp³-hybridized carbons (Fsp3) is 0.0172. The summed E-state index contributed by atoms with van der Waals surface area (Å²) in [4.78, 5) is 16.3. The van der Waals surface area contributed by atoms with Crippen LogP contribution in [0.1, 0.15) is 22.3 Å². The Bertz CT molecular complexity index is 3810. The summed E-state index contributed by atoms with van der Waals surface area (Å²) in [6.45, 7) is 0. The number of benzene rings is 9. The van der Waals surface area contributed by atoms with Gasteiger partial charge in [-0.2, -0.15) is 9.97 Å². The summed E-state index contributed by atoms with van der Waals surface area (Å²) < 4.78 is 4.63. The lowest BCUT2D eigenvalue weighted by atomic mass is 9.70. The lowest BCUT2D eigenvalue weighted by molar-refractivity contribution is 0.794. The molecule has 5 heteroatoms. The monoisotopic (exact) mass is 801 g/mol. The SMILES string of the molecule is c1ccc(-c2nc(-c3cccc4c3-c3ccccc3C43c4ccccc4-c4ccccc43)nc(-n3c4ccccc4c4c5c6ccccc6n(-c6ccccc6)c5ccc43)n2)cc1. The number of aromatic nitrogens is 5. The van der Waals surface area contributed by atoms with Crippen molar-refractivity contribution >= 4 is 43.6 Å². The van der Waals surface area contributed by atoms with E-state index in [0.717, 1.165) is 44.3 Å². The first-order valence-corrected chi connectivity index (χ1v) is 21.5. The highest BCUT2D eigenvalue weighted by molar-refractivity contribution is 6.28. The van der Waals surface area contributed by atoms with Crippen molar-refractivity contribution in [2.24, 2.45) is 0 Å². The highest BCUT2D eigenvalue weighted by atomic mass is 15.2. The van der Waals surface area contributed by atoms with Crippen molar-refractivity contribution in [2.75, 3.05) is 0 Å². The van der Waals surface area contributed by atoms with Crippen LogP contribution in [0.25, 0.3) is 100 Å². The normalized spacial score (nSPS) is 13.2. The van der Waals surface area contributed by atoms with E-state index in [4.69, 9.17) is 15.0 Å². The summed E-state index contributed by atoms with van der Waals surface area (Å²) in [5.74, 6) is 1.83. The van der Waals surface area contributed by atoms with Crippen LogP contribution in [0.3, 0.4) is 0 Å². The Hall–Kier alpha value is -8.41. The van der Waals surface area contributed by atoms with Crippen LogP contribution in [-0.2, 0) is 5.41 Å². The Morgan fingerprint density at radius 3 is 1.46 bits per heavy atom. The Kier molecular flexibility index (Phi) is 6.97. The highest BCUT2D eigenvalue weighted by Crippen LogP contribution is 2.63. The fourth-order valence-electron chi connectivity index (χ4n) is 11.2. The molecular weight excluding hydrogens is 767 g/mol. The Morgan fingerprint density at radius 1 is 0.317 bits per heavy atom. The first kappa shape index (κ1) is 34.3. The third-order valence-corrected chi connectivity index (χ3v) is 13.6. The number of nitrogens with zero attached hydrogens (tertiary/aromatic N) is 5. The first-order valence-electron chi connectivity index (χ1n) is 21.5. The molecule has 14 rings (SSSR count). The zero-order valence-corrected chi connectivity index (χ0v) is 33.9. The molecule has 292 valence electrons. The molecule has 0 aliphatic heterocycles. The van der Waals surface area contributed by atoms with Gasteiger partial charge in [-0.1, -0.05) is 176 Å². The number of rotatable bonds is 4. The van der Waals surface area contributed by atoms with Gasteiger partial charge in [-0.15, -0.1) is 0 Å². The van der Waals surface area contributed by atoms with E-state index in [1.54, 1.807) is 0 Å². The van der Waals surface area contributed by atoms with Gasteiger partial charge >= 0.3 is 0 Å². The minimum atomic E-state index is -0.482. The molecule has 0 radical (unpaired) electrons. The van der Waals surface area contributed by atoms with Crippen molar-refractivity contribution in [1.82, 2.24) is 24.1 Å². The van der Waals surface area contributed by atoms with Gasteiger partial charge in [-0.05, 0) is 80.9 Å². The van der Waals surface area contributed by atoms with Crippen LogP contribution < -0.4 is 0 Å².